The van der Waals surface area contributed by atoms with E-state index in [9.17, 15) is 22.4 Å². The Bertz CT molecular complexity index is 1400. The second-order valence-electron chi connectivity index (χ2n) is 9.87. The topological polar surface area (TPSA) is 106 Å². The van der Waals surface area contributed by atoms with Crippen molar-refractivity contribution in [2.24, 2.45) is 0 Å². The summed E-state index contributed by atoms with van der Waals surface area (Å²) in [4.78, 5) is 33.5. The monoisotopic (exact) mass is 555 g/mol. The van der Waals surface area contributed by atoms with E-state index < -0.39 is 28.6 Å². The van der Waals surface area contributed by atoms with Gasteiger partial charge in [0.25, 0.3) is 0 Å². The van der Waals surface area contributed by atoms with E-state index in [2.05, 4.69) is 30.0 Å². The fourth-order valence-electron chi connectivity index (χ4n) is 4.49. The van der Waals surface area contributed by atoms with Gasteiger partial charge in [-0.3, -0.25) is 0 Å². The summed E-state index contributed by atoms with van der Waals surface area (Å²) in [6.45, 7) is 6.39. The van der Waals surface area contributed by atoms with Gasteiger partial charge < -0.3 is 24.6 Å². The van der Waals surface area contributed by atoms with Crippen molar-refractivity contribution in [3.63, 3.8) is 0 Å². The van der Waals surface area contributed by atoms with Crippen LogP contribution in [0.5, 0.6) is 5.75 Å². The van der Waals surface area contributed by atoms with Gasteiger partial charge in [-0.05, 0) is 39.3 Å². The van der Waals surface area contributed by atoms with Crippen molar-refractivity contribution in [2.45, 2.75) is 51.2 Å². The summed E-state index contributed by atoms with van der Waals surface area (Å²) in [5.41, 5.74) is -0.221. The van der Waals surface area contributed by atoms with Gasteiger partial charge in [-0.15, -0.1) is 13.2 Å². The van der Waals surface area contributed by atoms with Crippen molar-refractivity contribution >= 4 is 46.2 Å². The summed E-state index contributed by atoms with van der Waals surface area (Å²) < 4.78 is 61.7. The molecule has 2 atom stereocenters. The van der Waals surface area contributed by atoms with Crippen molar-refractivity contribution < 1.29 is 31.8 Å². The van der Waals surface area contributed by atoms with E-state index in [1.165, 1.54) is 12.5 Å². The van der Waals surface area contributed by atoms with E-state index in [0.29, 0.717) is 24.6 Å². The third-order valence-electron chi connectivity index (χ3n) is 6.02. The number of nitrogens with zero attached hydrogens (tertiary/aromatic N) is 6. The number of carbonyl (C=O) groups excluding carboxylic acids is 1. The van der Waals surface area contributed by atoms with Gasteiger partial charge in [-0.25, -0.2) is 29.1 Å². The van der Waals surface area contributed by atoms with E-state index in [1.54, 1.807) is 4.90 Å². The first kappa shape index (κ1) is 25.9. The van der Waals surface area contributed by atoms with Crippen molar-refractivity contribution in [1.82, 2.24) is 24.8 Å². The first-order valence-electron chi connectivity index (χ1n) is 11.5. The molecule has 2 bridgehead atoms. The molecule has 15 heteroatoms. The Morgan fingerprint density at radius 1 is 1.13 bits per heavy atom. The number of aromatic nitrogens is 4. The summed E-state index contributed by atoms with van der Waals surface area (Å²) in [5, 5.41) is 1.87. The summed E-state index contributed by atoms with van der Waals surface area (Å²) in [5.74, 6) is -1.56. The Balaban J connectivity index is 1.38. The van der Waals surface area contributed by atoms with Crippen LogP contribution in [0.2, 0.25) is 5.02 Å². The van der Waals surface area contributed by atoms with Gasteiger partial charge in [-0.2, -0.15) is 0 Å². The fourth-order valence-corrected chi connectivity index (χ4v) is 4.69. The number of hydrogen-bond donors (Lipinski definition) is 1. The van der Waals surface area contributed by atoms with E-state index in [4.69, 9.17) is 16.3 Å². The Hall–Kier alpha value is -3.68. The molecule has 3 aromatic rings. The highest BCUT2D eigenvalue weighted by Crippen LogP contribution is 2.38. The van der Waals surface area contributed by atoms with Crippen LogP contribution in [-0.2, 0) is 4.74 Å². The standard InChI is InChI=1S/C23H22ClF4N7O3/c1-22(2,3)38-21(36)35-9-11-6-12(35)8-34(11)20-29-7-14-18(33-20)19(31-10-30-14)32-13-4-5-15(16(24)17(13)25)37-23(26,27)28/h4-5,7,10-12H,6,8-9H2,1-3H3,(H,30,31,32)/t11-,12-/m0/s1. The SMILES string of the molecule is CC(C)(C)OC(=O)N1C[C@@H]2C[C@H]1CN2c1ncc2ncnc(Nc3ccc(OC(F)(F)F)c(Cl)c3F)c2n1. The zero-order valence-corrected chi connectivity index (χ0v) is 21.1. The number of nitrogens with one attached hydrogen (secondary N) is 1. The van der Waals surface area contributed by atoms with Crippen LogP contribution < -0.4 is 15.0 Å². The number of rotatable bonds is 4. The third kappa shape index (κ3) is 5.17. The van der Waals surface area contributed by atoms with Crippen LogP contribution in [0.3, 0.4) is 0 Å². The first-order valence-corrected chi connectivity index (χ1v) is 11.9. The van der Waals surface area contributed by atoms with Crippen molar-refractivity contribution in [1.29, 1.82) is 0 Å². The quantitative estimate of drug-likeness (QED) is 0.443. The maximum absolute atomic E-state index is 14.8. The predicted octanol–water partition coefficient (Wildman–Crippen LogP) is 5.05. The molecule has 0 saturated carbocycles. The number of piperazine rings is 1. The highest BCUT2D eigenvalue weighted by Gasteiger charge is 2.47. The molecule has 0 aliphatic carbocycles. The molecular weight excluding hydrogens is 534 g/mol. The number of carbonyl (C=O) groups is 1. The Morgan fingerprint density at radius 2 is 1.89 bits per heavy atom. The second kappa shape index (κ2) is 9.26. The average molecular weight is 556 g/mol. The Morgan fingerprint density at radius 3 is 2.55 bits per heavy atom. The molecular formula is C23H22ClF4N7O3. The minimum absolute atomic E-state index is 0.0246. The second-order valence-corrected chi connectivity index (χ2v) is 10.2. The lowest BCUT2D eigenvalue weighted by molar-refractivity contribution is -0.274. The van der Waals surface area contributed by atoms with Gasteiger partial charge in [0.15, 0.2) is 17.4 Å². The zero-order chi connectivity index (χ0) is 27.4. The van der Waals surface area contributed by atoms with Gasteiger partial charge in [0.1, 0.15) is 28.0 Å². The molecule has 1 amide bonds. The zero-order valence-electron chi connectivity index (χ0n) is 20.4. The maximum Gasteiger partial charge on any atom is 0.573 e. The lowest BCUT2D eigenvalue weighted by atomic mass is 10.2. The number of anilines is 3. The molecule has 202 valence electrons. The third-order valence-corrected chi connectivity index (χ3v) is 6.37. The number of likely N-dealkylation sites (tertiary alicyclic amines) is 1. The molecule has 5 rings (SSSR count). The highest BCUT2D eigenvalue weighted by atomic mass is 35.5. The van der Waals surface area contributed by atoms with Crippen LogP contribution in [0, 0.1) is 5.82 Å². The summed E-state index contributed by atoms with van der Waals surface area (Å²) in [7, 11) is 0. The first-order chi connectivity index (χ1) is 17.8. The number of alkyl halides is 3. The van der Waals surface area contributed by atoms with Gasteiger partial charge in [-0.1, -0.05) is 11.6 Å². The van der Waals surface area contributed by atoms with Crippen molar-refractivity contribution in [2.75, 3.05) is 23.3 Å². The molecule has 2 saturated heterocycles. The Kier molecular flexibility index (Phi) is 6.32. The molecule has 0 radical (unpaired) electrons. The molecule has 2 fully saturated rings. The number of amides is 1. The summed E-state index contributed by atoms with van der Waals surface area (Å²) >= 11 is 5.76. The molecule has 10 nitrogen and oxygen atoms in total. The summed E-state index contributed by atoms with van der Waals surface area (Å²) in [6.07, 6.45) is -1.96. The number of ether oxygens (including phenoxy) is 2. The molecule has 2 aliphatic heterocycles. The lowest BCUT2D eigenvalue weighted by Crippen LogP contribution is -2.50. The normalized spacial score (nSPS) is 19.3. The molecule has 0 spiro atoms. The number of benzene rings is 1. The minimum atomic E-state index is -5.03. The highest BCUT2D eigenvalue weighted by molar-refractivity contribution is 6.32. The van der Waals surface area contributed by atoms with E-state index >= 15 is 0 Å². The van der Waals surface area contributed by atoms with Crippen molar-refractivity contribution in [3.8, 4) is 5.75 Å². The smallest absolute Gasteiger partial charge is 0.444 e. The molecule has 4 heterocycles. The molecule has 38 heavy (non-hydrogen) atoms. The average Bonchev–Trinajstić information content (AvgIpc) is 3.43. The van der Waals surface area contributed by atoms with Crippen LogP contribution in [0.4, 0.5) is 39.8 Å². The van der Waals surface area contributed by atoms with Gasteiger partial charge in [0.05, 0.1) is 24.0 Å². The van der Waals surface area contributed by atoms with Crippen molar-refractivity contribution in [3.05, 3.63) is 35.5 Å². The van der Waals surface area contributed by atoms with Gasteiger partial charge in [0, 0.05) is 13.1 Å². The van der Waals surface area contributed by atoms with Crippen LogP contribution in [-0.4, -0.2) is 68.1 Å². The van der Waals surface area contributed by atoms with E-state index in [0.717, 1.165) is 18.6 Å². The van der Waals surface area contributed by atoms with Crippen LogP contribution in [0.25, 0.3) is 11.0 Å². The number of fused-ring (bicyclic) bond motifs is 3. The number of halogens is 5. The Labute approximate surface area is 218 Å². The minimum Gasteiger partial charge on any atom is -0.444 e. The molecule has 2 aromatic heterocycles. The van der Waals surface area contributed by atoms with Crippen LogP contribution in [0.1, 0.15) is 27.2 Å². The van der Waals surface area contributed by atoms with E-state index in [-0.39, 0.29) is 35.2 Å². The lowest BCUT2D eigenvalue weighted by Gasteiger charge is -2.35. The maximum atomic E-state index is 14.8. The van der Waals surface area contributed by atoms with Gasteiger partial charge in [0.2, 0.25) is 5.95 Å². The van der Waals surface area contributed by atoms with Gasteiger partial charge >= 0.3 is 12.5 Å². The molecule has 2 aliphatic rings. The van der Waals surface area contributed by atoms with Crippen LogP contribution in [0.15, 0.2) is 24.7 Å². The molecule has 0 unspecified atom stereocenters. The largest absolute Gasteiger partial charge is 0.573 e. The molecule has 1 aromatic carbocycles. The summed E-state index contributed by atoms with van der Waals surface area (Å²) in [6, 6.07) is 1.85. The van der Waals surface area contributed by atoms with Crippen LogP contribution >= 0.6 is 11.6 Å². The van der Waals surface area contributed by atoms with E-state index in [1.807, 2.05) is 25.7 Å². The fraction of sp³-hybridized carbons (Fsp3) is 0.435. The predicted molar refractivity (Wildman–Crippen MR) is 129 cm³/mol. The molecule has 1 N–H and O–H groups in total. The number of hydrogen-bond acceptors (Lipinski definition) is 9.